The van der Waals surface area contributed by atoms with Crippen LogP contribution in [0.3, 0.4) is 0 Å². The molecule has 2 aromatic rings. The Balaban J connectivity index is 1.55. The van der Waals surface area contributed by atoms with Gasteiger partial charge in [-0.25, -0.2) is 0 Å². The van der Waals surface area contributed by atoms with Crippen LogP contribution in [0, 0.1) is 6.92 Å². The lowest BCUT2D eigenvalue weighted by Crippen LogP contribution is -2.05. The molecular weight excluding hydrogens is 256 g/mol. The summed E-state index contributed by atoms with van der Waals surface area (Å²) >= 11 is 0. The van der Waals surface area contributed by atoms with Gasteiger partial charge in [0, 0.05) is 12.8 Å². The zero-order valence-corrected chi connectivity index (χ0v) is 12.7. The van der Waals surface area contributed by atoms with Crippen LogP contribution in [0.15, 0.2) is 42.5 Å². The maximum Gasteiger partial charge on any atom is 0.137 e. The van der Waals surface area contributed by atoms with Gasteiger partial charge in [-0.1, -0.05) is 48.0 Å². The SMILES string of the molecule is Cc1ccc(CCC(=O)Cc2ccc3c(c2)CCC3)cc1. The summed E-state index contributed by atoms with van der Waals surface area (Å²) in [6.07, 6.45) is 5.72. The largest absolute Gasteiger partial charge is 0.299 e. The third kappa shape index (κ3) is 3.60. The van der Waals surface area contributed by atoms with Crippen molar-refractivity contribution in [2.45, 2.75) is 45.4 Å². The van der Waals surface area contributed by atoms with E-state index >= 15 is 0 Å². The van der Waals surface area contributed by atoms with Gasteiger partial charge in [0.15, 0.2) is 0 Å². The Labute approximate surface area is 127 Å². The normalized spacial score (nSPS) is 13.2. The zero-order chi connectivity index (χ0) is 14.7. The van der Waals surface area contributed by atoms with E-state index in [4.69, 9.17) is 0 Å². The Morgan fingerprint density at radius 3 is 2.48 bits per heavy atom. The maximum absolute atomic E-state index is 12.2. The smallest absolute Gasteiger partial charge is 0.137 e. The fourth-order valence-electron chi connectivity index (χ4n) is 3.09. The molecule has 1 nitrogen and oxygen atoms in total. The fourth-order valence-corrected chi connectivity index (χ4v) is 3.09. The second kappa shape index (κ2) is 6.26. The molecule has 1 aliphatic carbocycles. The van der Waals surface area contributed by atoms with Crippen molar-refractivity contribution in [1.82, 2.24) is 0 Å². The number of carbonyl (C=O) groups is 1. The highest BCUT2D eigenvalue weighted by Crippen LogP contribution is 2.23. The number of ketones is 1. The minimum absolute atomic E-state index is 0.341. The average Bonchev–Trinajstić information content (AvgIpc) is 2.94. The summed E-state index contributed by atoms with van der Waals surface area (Å²) in [6.45, 7) is 2.09. The molecule has 0 aliphatic heterocycles. The van der Waals surface area contributed by atoms with Crippen LogP contribution in [0.5, 0.6) is 0 Å². The van der Waals surface area contributed by atoms with Gasteiger partial charge in [-0.3, -0.25) is 4.79 Å². The minimum atomic E-state index is 0.341. The summed E-state index contributed by atoms with van der Waals surface area (Å²) in [5, 5.41) is 0. The predicted molar refractivity (Wildman–Crippen MR) is 86.7 cm³/mol. The van der Waals surface area contributed by atoms with Gasteiger partial charge in [-0.2, -0.15) is 0 Å². The molecule has 0 fully saturated rings. The molecular formula is C20H22O. The molecule has 0 saturated carbocycles. The predicted octanol–water partition coefficient (Wildman–Crippen LogP) is 4.23. The summed E-state index contributed by atoms with van der Waals surface area (Å²) in [4.78, 5) is 12.2. The van der Waals surface area contributed by atoms with Crippen molar-refractivity contribution in [2.24, 2.45) is 0 Å². The highest BCUT2D eigenvalue weighted by atomic mass is 16.1. The van der Waals surface area contributed by atoms with Crippen molar-refractivity contribution in [3.8, 4) is 0 Å². The lowest BCUT2D eigenvalue weighted by molar-refractivity contribution is -0.118. The number of Topliss-reactive ketones (excluding diaryl/α,β-unsaturated/α-hetero) is 1. The monoisotopic (exact) mass is 278 g/mol. The van der Waals surface area contributed by atoms with Crippen molar-refractivity contribution in [2.75, 3.05) is 0 Å². The third-order valence-electron chi connectivity index (χ3n) is 4.38. The second-order valence-electron chi connectivity index (χ2n) is 6.16. The Kier molecular flexibility index (Phi) is 4.19. The zero-order valence-electron chi connectivity index (χ0n) is 12.7. The number of aryl methyl sites for hydroxylation is 4. The second-order valence-corrected chi connectivity index (χ2v) is 6.16. The van der Waals surface area contributed by atoms with Gasteiger partial charge >= 0.3 is 0 Å². The van der Waals surface area contributed by atoms with Crippen LogP contribution in [-0.2, 0) is 30.5 Å². The standard InChI is InChI=1S/C20H22O/c1-15-5-7-16(8-6-15)10-12-20(21)14-17-9-11-18-3-2-4-19(18)13-17/h5-9,11,13H,2-4,10,12,14H2,1H3. The number of carbonyl (C=O) groups excluding carboxylic acids is 1. The van der Waals surface area contributed by atoms with Crippen LogP contribution >= 0.6 is 0 Å². The highest BCUT2D eigenvalue weighted by molar-refractivity contribution is 5.81. The van der Waals surface area contributed by atoms with Crippen LogP contribution in [0.4, 0.5) is 0 Å². The molecule has 0 radical (unpaired) electrons. The first-order valence-electron chi connectivity index (χ1n) is 7.88. The van der Waals surface area contributed by atoms with Gasteiger partial charge in [0.25, 0.3) is 0 Å². The summed E-state index contributed by atoms with van der Waals surface area (Å²) in [5.74, 6) is 0.341. The molecule has 0 atom stereocenters. The molecule has 0 saturated heterocycles. The molecule has 0 unspecified atom stereocenters. The summed E-state index contributed by atoms with van der Waals surface area (Å²) in [5.41, 5.74) is 6.64. The van der Waals surface area contributed by atoms with Crippen molar-refractivity contribution < 1.29 is 4.79 Å². The number of benzene rings is 2. The van der Waals surface area contributed by atoms with E-state index in [1.165, 1.54) is 47.1 Å². The van der Waals surface area contributed by atoms with Gasteiger partial charge in [-0.05, 0) is 54.9 Å². The molecule has 2 aromatic carbocycles. The van der Waals surface area contributed by atoms with E-state index in [0.29, 0.717) is 18.6 Å². The molecule has 0 amide bonds. The molecule has 1 heteroatoms. The molecule has 3 rings (SSSR count). The first-order chi connectivity index (χ1) is 10.2. The lowest BCUT2D eigenvalue weighted by Gasteiger charge is -2.05. The molecule has 108 valence electrons. The number of rotatable bonds is 5. The molecule has 1 aliphatic rings. The topological polar surface area (TPSA) is 17.1 Å². The van der Waals surface area contributed by atoms with E-state index in [-0.39, 0.29) is 0 Å². The molecule has 0 heterocycles. The average molecular weight is 278 g/mol. The summed E-state index contributed by atoms with van der Waals surface area (Å²) in [7, 11) is 0. The van der Waals surface area contributed by atoms with Crippen LogP contribution in [0.1, 0.15) is 40.7 Å². The third-order valence-corrected chi connectivity index (χ3v) is 4.38. The van der Waals surface area contributed by atoms with Gasteiger partial charge < -0.3 is 0 Å². The Morgan fingerprint density at radius 2 is 1.67 bits per heavy atom. The maximum atomic E-state index is 12.2. The van der Waals surface area contributed by atoms with Gasteiger partial charge in [0.2, 0.25) is 0 Å². The van der Waals surface area contributed by atoms with E-state index in [1.54, 1.807) is 0 Å². The molecule has 0 spiro atoms. The molecule has 21 heavy (non-hydrogen) atoms. The summed E-state index contributed by atoms with van der Waals surface area (Å²) in [6, 6.07) is 15.1. The number of hydrogen-bond donors (Lipinski definition) is 0. The highest BCUT2D eigenvalue weighted by Gasteiger charge is 2.12. The molecule has 0 N–H and O–H groups in total. The first kappa shape index (κ1) is 14.1. The van der Waals surface area contributed by atoms with Crippen LogP contribution in [0.2, 0.25) is 0 Å². The van der Waals surface area contributed by atoms with Gasteiger partial charge in [-0.15, -0.1) is 0 Å². The van der Waals surface area contributed by atoms with Gasteiger partial charge in [0.05, 0.1) is 0 Å². The van der Waals surface area contributed by atoms with Crippen molar-refractivity contribution in [1.29, 1.82) is 0 Å². The summed E-state index contributed by atoms with van der Waals surface area (Å²) < 4.78 is 0. The van der Waals surface area contributed by atoms with Crippen LogP contribution < -0.4 is 0 Å². The van der Waals surface area contributed by atoms with Crippen molar-refractivity contribution >= 4 is 5.78 Å². The quantitative estimate of drug-likeness (QED) is 0.800. The Bertz CT molecular complexity index is 637. The Hall–Kier alpha value is -1.89. The van der Waals surface area contributed by atoms with Gasteiger partial charge in [0.1, 0.15) is 5.78 Å². The van der Waals surface area contributed by atoms with Crippen LogP contribution in [-0.4, -0.2) is 5.78 Å². The van der Waals surface area contributed by atoms with E-state index in [9.17, 15) is 4.79 Å². The van der Waals surface area contributed by atoms with Crippen molar-refractivity contribution in [3.05, 3.63) is 70.3 Å². The number of hydrogen-bond acceptors (Lipinski definition) is 1. The Morgan fingerprint density at radius 1 is 0.952 bits per heavy atom. The molecule has 0 aromatic heterocycles. The molecule has 0 bridgehead atoms. The van der Waals surface area contributed by atoms with E-state index in [1.807, 2.05) is 0 Å². The van der Waals surface area contributed by atoms with E-state index in [2.05, 4.69) is 49.4 Å². The van der Waals surface area contributed by atoms with E-state index < -0.39 is 0 Å². The van der Waals surface area contributed by atoms with E-state index in [0.717, 1.165) is 6.42 Å². The first-order valence-corrected chi connectivity index (χ1v) is 7.88. The van der Waals surface area contributed by atoms with Crippen LogP contribution in [0.25, 0.3) is 0 Å². The lowest BCUT2D eigenvalue weighted by atomic mass is 9.99. The minimum Gasteiger partial charge on any atom is -0.299 e. The fraction of sp³-hybridized carbons (Fsp3) is 0.350. The van der Waals surface area contributed by atoms with Crippen molar-refractivity contribution in [3.63, 3.8) is 0 Å². The number of fused-ring (bicyclic) bond motifs is 1.